The summed E-state index contributed by atoms with van der Waals surface area (Å²) in [5.74, 6) is 0.382. The number of hydrogen-bond acceptors (Lipinski definition) is 7. The third kappa shape index (κ3) is 7.54. The van der Waals surface area contributed by atoms with Crippen molar-refractivity contribution in [2.75, 3.05) is 6.61 Å². The molecule has 1 aromatic heterocycles. The number of fused-ring (bicyclic) bond motifs is 1. The van der Waals surface area contributed by atoms with E-state index >= 15 is 0 Å². The molecule has 1 heterocycles. The molecule has 0 unspecified atom stereocenters. The van der Waals surface area contributed by atoms with Crippen LogP contribution < -0.4 is 10.4 Å². The van der Waals surface area contributed by atoms with Gasteiger partial charge < -0.3 is 29.6 Å². The number of aromatic hydroxyl groups is 1. The fourth-order valence-electron chi connectivity index (χ4n) is 3.14. The van der Waals surface area contributed by atoms with Crippen molar-refractivity contribution in [1.82, 2.24) is 0 Å². The van der Waals surface area contributed by atoms with Gasteiger partial charge in [0.1, 0.15) is 29.8 Å². The van der Waals surface area contributed by atoms with Gasteiger partial charge in [-0.05, 0) is 59.1 Å². The average Bonchev–Trinajstić information content (AvgIpc) is 2.66. The Kier molecular flexibility index (Phi) is 8.44. The third-order valence-corrected chi connectivity index (χ3v) is 5.02. The van der Waals surface area contributed by atoms with Gasteiger partial charge in [0.15, 0.2) is 0 Å². The second-order valence-electron chi connectivity index (χ2n) is 8.43. The monoisotopic (exact) mass is 432 g/mol. The van der Waals surface area contributed by atoms with Crippen LogP contribution in [0.15, 0.2) is 56.8 Å². The number of aliphatic hydroxyl groups is 3. The van der Waals surface area contributed by atoms with E-state index in [1.165, 1.54) is 32.0 Å². The zero-order chi connectivity index (χ0) is 23.2. The molecule has 0 aliphatic carbocycles. The highest BCUT2D eigenvalue weighted by atomic mass is 16.5. The first-order valence-corrected chi connectivity index (χ1v) is 10.3. The lowest BCUT2D eigenvalue weighted by Gasteiger charge is -2.28. The van der Waals surface area contributed by atoms with Gasteiger partial charge in [-0.1, -0.05) is 17.2 Å². The maximum absolute atomic E-state index is 11.4. The van der Waals surface area contributed by atoms with E-state index in [0.29, 0.717) is 24.2 Å². The van der Waals surface area contributed by atoms with E-state index in [9.17, 15) is 25.2 Å². The first-order valence-electron chi connectivity index (χ1n) is 10.3. The van der Waals surface area contributed by atoms with Gasteiger partial charge in [0.25, 0.3) is 0 Å². The molecule has 0 aliphatic heterocycles. The summed E-state index contributed by atoms with van der Waals surface area (Å²) < 4.78 is 10.7. The SMILES string of the molecule is CC(=CCOc1cc(O)c2ccc(=O)oc2c1)CCC=C(C)C[C@H](O)[C@H](O)C(C)(C)O. The maximum Gasteiger partial charge on any atom is 0.336 e. The van der Waals surface area contributed by atoms with Gasteiger partial charge in [-0.3, -0.25) is 0 Å². The van der Waals surface area contributed by atoms with Gasteiger partial charge in [0.05, 0.1) is 17.1 Å². The molecule has 7 heteroatoms. The first kappa shape index (κ1) is 24.7. The highest BCUT2D eigenvalue weighted by Crippen LogP contribution is 2.29. The Labute approximate surface area is 181 Å². The van der Waals surface area contributed by atoms with Crippen LogP contribution in [-0.4, -0.2) is 44.8 Å². The van der Waals surface area contributed by atoms with Gasteiger partial charge in [-0.15, -0.1) is 0 Å². The summed E-state index contributed by atoms with van der Waals surface area (Å²) in [6, 6.07) is 5.80. The van der Waals surface area contributed by atoms with E-state index in [2.05, 4.69) is 0 Å². The normalized spacial score (nSPS) is 15.2. The van der Waals surface area contributed by atoms with E-state index in [1.807, 2.05) is 26.0 Å². The lowest BCUT2D eigenvalue weighted by Crippen LogP contribution is -2.44. The average molecular weight is 433 g/mol. The molecular weight excluding hydrogens is 400 g/mol. The summed E-state index contributed by atoms with van der Waals surface area (Å²) in [5.41, 5.74) is 0.461. The molecule has 31 heavy (non-hydrogen) atoms. The topological polar surface area (TPSA) is 120 Å². The van der Waals surface area contributed by atoms with Gasteiger partial charge in [-0.2, -0.15) is 0 Å². The maximum atomic E-state index is 11.4. The molecule has 0 amide bonds. The molecule has 0 aliphatic rings. The minimum absolute atomic E-state index is 0.0190. The number of rotatable bonds is 10. The number of allylic oxidation sites excluding steroid dienone is 2. The number of hydrogen-bond donors (Lipinski definition) is 4. The van der Waals surface area contributed by atoms with E-state index < -0.39 is 23.4 Å². The zero-order valence-corrected chi connectivity index (χ0v) is 18.5. The molecule has 7 nitrogen and oxygen atoms in total. The highest BCUT2D eigenvalue weighted by Gasteiger charge is 2.30. The van der Waals surface area contributed by atoms with Crippen molar-refractivity contribution >= 4 is 11.0 Å². The van der Waals surface area contributed by atoms with E-state index in [0.717, 1.165) is 24.0 Å². The minimum Gasteiger partial charge on any atom is -0.507 e. The minimum atomic E-state index is -1.35. The van der Waals surface area contributed by atoms with Crippen LogP contribution in [0.2, 0.25) is 0 Å². The molecule has 0 spiro atoms. The second kappa shape index (κ2) is 10.6. The summed E-state index contributed by atoms with van der Waals surface area (Å²) in [5, 5.41) is 40.2. The molecule has 4 N–H and O–H groups in total. The zero-order valence-electron chi connectivity index (χ0n) is 18.5. The molecule has 2 aromatic rings. The Morgan fingerprint density at radius 3 is 2.55 bits per heavy atom. The number of ether oxygens (including phenoxy) is 1. The van der Waals surface area contributed by atoms with Crippen molar-refractivity contribution in [3.8, 4) is 11.5 Å². The second-order valence-corrected chi connectivity index (χ2v) is 8.43. The molecule has 0 fully saturated rings. The van der Waals surface area contributed by atoms with Crippen LogP contribution in [0, 0.1) is 0 Å². The van der Waals surface area contributed by atoms with Crippen molar-refractivity contribution in [3.05, 3.63) is 58.0 Å². The van der Waals surface area contributed by atoms with Gasteiger partial charge in [-0.25, -0.2) is 4.79 Å². The largest absolute Gasteiger partial charge is 0.507 e. The smallest absolute Gasteiger partial charge is 0.336 e. The predicted octanol–water partition coefficient (Wildman–Crippen LogP) is 3.43. The van der Waals surface area contributed by atoms with Crippen LogP contribution in [0.1, 0.15) is 47.0 Å². The van der Waals surface area contributed by atoms with Gasteiger partial charge in [0.2, 0.25) is 0 Å². The molecule has 0 bridgehead atoms. The highest BCUT2D eigenvalue weighted by molar-refractivity contribution is 5.84. The predicted molar refractivity (Wildman–Crippen MR) is 119 cm³/mol. The van der Waals surface area contributed by atoms with E-state index in [-0.39, 0.29) is 11.3 Å². The Morgan fingerprint density at radius 1 is 1.16 bits per heavy atom. The van der Waals surface area contributed by atoms with Crippen LogP contribution in [0.4, 0.5) is 0 Å². The number of benzene rings is 1. The fourth-order valence-corrected chi connectivity index (χ4v) is 3.14. The van der Waals surface area contributed by atoms with Crippen LogP contribution >= 0.6 is 0 Å². The van der Waals surface area contributed by atoms with Gasteiger partial charge >= 0.3 is 5.63 Å². The number of aliphatic hydroxyl groups excluding tert-OH is 2. The van der Waals surface area contributed by atoms with Crippen LogP contribution in [-0.2, 0) is 0 Å². The summed E-state index contributed by atoms with van der Waals surface area (Å²) in [4.78, 5) is 11.4. The molecule has 0 saturated carbocycles. The van der Waals surface area contributed by atoms with Crippen LogP contribution in [0.25, 0.3) is 11.0 Å². The molecule has 2 atom stereocenters. The first-order chi connectivity index (χ1) is 14.5. The fraction of sp³-hybridized carbons (Fsp3) is 0.458. The molecular formula is C24H32O7. The Bertz CT molecular complexity index is 995. The van der Waals surface area contributed by atoms with Crippen molar-refractivity contribution in [2.45, 2.75) is 64.8 Å². The molecule has 1 aromatic carbocycles. The molecule has 0 saturated heterocycles. The van der Waals surface area contributed by atoms with Crippen molar-refractivity contribution < 1.29 is 29.6 Å². The Balaban J connectivity index is 1.85. The lowest BCUT2D eigenvalue weighted by atomic mass is 9.93. The molecule has 2 rings (SSSR count). The van der Waals surface area contributed by atoms with E-state index in [4.69, 9.17) is 9.15 Å². The van der Waals surface area contributed by atoms with Crippen molar-refractivity contribution in [3.63, 3.8) is 0 Å². The number of phenolic OH excluding ortho intramolecular Hbond substituents is 1. The van der Waals surface area contributed by atoms with E-state index in [1.54, 1.807) is 6.07 Å². The third-order valence-electron chi connectivity index (χ3n) is 5.02. The Morgan fingerprint density at radius 2 is 1.87 bits per heavy atom. The molecule has 0 radical (unpaired) electrons. The number of phenols is 1. The molecule has 170 valence electrons. The van der Waals surface area contributed by atoms with Crippen LogP contribution in [0.3, 0.4) is 0 Å². The quantitative estimate of drug-likeness (QED) is 0.335. The summed E-state index contributed by atoms with van der Waals surface area (Å²) in [6.07, 6.45) is 3.55. The summed E-state index contributed by atoms with van der Waals surface area (Å²) in [6.45, 7) is 7.09. The summed E-state index contributed by atoms with van der Waals surface area (Å²) >= 11 is 0. The lowest BCUT2D eigenvalue weighted by molar-refractivity contribution is -0.105. The van der Waals surface area contributed by atoms with Crippen LogP contribution in [0.5, 0.6) is 11.5 Å². The van der Waals surface area contributed by atoms with Gasteiger partial charge in [0, 0.05) is 18.2 Å². The summed E-state index contributed by atoms with van der Waals surface area (Å²) in [7, 11) is 0. The van der Waals surface area contributed by atoms with Crippen molar-refractivity contribution in [1.29, 1.82) is 0 Å². The Hall–Kier alpha value is -2.61. The standard InChI is InChI=1S/C24H32O7/c1-15(6-5-7-16(2)12-20(26)23(28)24(3,4)29)10-11-30-17-13-19(25)18-8-9-22(27)31-21(18)14-17/h7-10,13-14,20,23,25-26,28-29H,5-6,11-12H2,1-4H3/t20-,23-/m0/s1. The van der Waals surface area contributed by atoms with Crippen molar-refractivity contribution in [2.24, 2.45) is 0 Å².